The molecule has 0 aromatic heterocycles. The Morgan fingerprint density at radius 3 is 2.38 bits per heavy atom. The van der Waals surface area contributed by atoms with Crippen LogP contribution < -0.4 is 14.8 Å². The summed E-state index contributed by atoms with van der Waals surface area (Å²) in [6.07, 6.45) is 1.28. The lowest BCUT2D eigenvalue weighted by Crippen LogP contribution is -2.46. The first-order chi connectivity index (χ1) is 13.9. The Kier molecular flexibility index (Phi) is 6.87. The number of halogens is 2. The summed E-state index contributed by atoms with van der Waals surface area (Å²) in [5, 5.41) is 3.57. The van der Waals surface area contributed by atoms with Crippen LogP contribution in [0, 0.1) is 0 Å². The van der Waals surface area contributed by atoms with Crippen LogP contribution in [0.1, 0.15) is 33.6 Å². The van der Waals surface area contributed by atoms with Crippen LogP contribution in [0.2, 0.25) is 10.0 Å². The molecule has 1 aliphatic heterocycles. The number of likely N-dealkylation sites (tertiary alicyclic amines) is 1. The van der Waals surface area contributed by atoms with Gasteiger partial charge in [-0.15, -0.1) is 0 Å². The van der Waals surface area contributed by atoms with Crippen molar-refractivity contribution in [2.24, 2.45) is 0 Å². The van der Waals surface area contributed by atoms with Crippen molar-refractivity contribution in [2.75, 3.05) is 27.3 Å². The fourth-order valence-corrected chi connectivity index (χ4v) is 3.84. The van der Waals surface area contributed by atoms with Crippen molar-refractivity contribution < 1.29 is 19.1 Å². The van der Waals surface area contributed by atoms with Gasteiger partial charge in [0.05, 0.1) is 24.3 Å². The fraction of sp³-hybridized carbons (Fsp3) is 0.333. The molecule has 1 heterocycles. The Labute approximate surface area is 179 Å². The molecular weight excluding hydrogens is 415 g/mol. The summed E-state index contributed by atoms with van der Waals surface area (Å²) in [4.78, 5) is 27.2. The molecule has 8 heteroatoms. The molecule has 0 spiro atoms. The van der Waals surface area contributed by atoms with Crippen molar-refractivity contribution in [2.45, 2.75) is 18.9 Å². The number of methoxy groups -OCH3 is 2. The lowest BCUT2D eigenvalue weighted by molar-refractivity contribution is 0.0697. The zero-order chi connectivity index (χ0) is 21.0. The van der Waals surface area contributed by atoms with Gasteiger partial charge >= 0.3 is 0 Å². The van der Waals surface area contributed by atoms with Crippen LogP contribution in [-0.2, 0) is 0 Å². The summed E-state index contributed by atoms with van der Waals surface area (Å²) in [7, 11) is 3.01. The topological polar surface area (TPSA) is 67.9 Å². The molecular formula is C21H22Cl2N2O4. The average Bonchev–Trinajstić information content (AvgIpc) is 2.75. The van der Waals surface area contributed by atoms with Crippen molar-refractivity contribution in [1.29, 1.82) is 0 Å². The van der Waals surface area contributed by atoms with E-state index < -0.39 is 0 Å². The van der Waals surface area contributed by atoms with Gasteiger partial charge in [-0.05, 0) is 43.2 Å². The van der Waals surface area contributed by atoms with Crippen molar-refractivity contribution in [3.8, 4) is 11.5 Å². The van der Waals surface area contributed by atoms with Gasteiger partial charge in [-0.3, -0.25) is 9.59 Å². The molecule has 0 saturated carbocycles. The van der Waals surface area contributed by atoms with Gasteiger partial charge in [-0.1, -0.05) is 29.3 Å². The van der Waals surface area contributed by atoms with Crippen LogP contribution in [0.15, 0.2) is 36.4 Å². The zero-order valence-electron chi connectivity index (χ0n) is 16.2. The zero-order valence-corrected chi connectivity index (χ0v) is 17.7. The van der Waals surface area contributed by atoms with Gasteiger partial charge in [0.25, 0.3) is 11.8 Å². The standard InChI is InChI=1S/C21H22Cl2N2O4/c1-28-15-5-3-4-13(12-15)21(27)25-10-8-14(9-11-25)24-20(26)18-16(22)6-7-17(23)19(18)29-2/h3-7,12,14H,8-11H2,1-2H3,(H,24,26). The Balaban J connectivity index is 1.62. The second-order valence-corrected chi connectivity index (χ2v) is 7.52. The molecule has 0 radical (unpaired) electrons. The van der Waals surface area contributed by atoms with Gasteiger partial charge in [0.1, 0.15) is 11.3 Å². The van der Waals surface area contributed by atoms with Crippen molar-refractivity contribution in [3.63, 3.8) is 0 Å². The van der Waals surface area contributed by atoms with Crippen LogP contribution in [0.5, 0.6) is 11.5 Å². The molecule has 1 aliphatic rings. The SMILES string of the molecule is COc1cccc(C(=O)N2CCC(NC(=O)c3c(Cl)ccc(Cl)c3OC)CC2)c1. The minimum absolute atomic E-state index is 0.0479. The molecule has 3 rings (SSSR count). The Morgan fingerprint density at radius 2 is 1.72 bits per heavy atom. The van der Waals surface area contributed by atoms with Gasteiger partial charge in [-0.25, -0.2) is 0 Å². The summed E-state index contributed by atoms with van der Waals surface area (Å²) < 4.78 is 10.4. The summed E-state index contributed by atoms with van der Waals surface area (Å²) in [6.45, 7) is 1.09. The Morgan fingerprint density at radius 1 is 1.03 bits per heavy atom. The van der Waals surface area contributed by atoms with Crippen molar-refractivity contribution in [1.82, 2.24) is 10.2 Å². The third-order valence-corrected chi connectivity index (χ3v) is 5.54. The minimum Gasteiger partial charge on any atom is -0.497 e. The van der Waals surface area contributed by atoms with E-state index in [9.17, 15) is 9.59 Å². The van der Waals surface area contributed by atoms with Crippen molar-refractivity contribution >= 4 is 35.0 Å². The summed E-state index contributed by atoms with van der Waals surface area (Å²) in [5.41, 5.74) is 0.804. The number of amides is 2. The number of benzene rings is 2. The second kappa shape index (κ2) is 9.37. The van der Waals surface area contributed by atoms with E-state index in [0.717, 1.165) is 0 Å². The van der Waals surface area contributed by atoms with Gasteiger partial charge in [0.15, 0.2) is 5.75 Å². The monoisotopic (exact) mass is 436 g/mol. The molecule has 0 aliphatic carbocycles. The highest BCUT2D eigenvalue weighted by molar-refractivity contribution is 6.37. The van der Waals surface area contributed by atoms with E-state index in [1.54, 1.807) is 48.4 Å². The fourth-order valence-electron chi connectivity index (χ4n) is 3.37. The maximum absolute atomic E-state index is 12.7. The highest BCUT2D eigenvalue weighted by atomic mass is 35.5. The lowest BCUT2D eigenvalue weighted by Gasteiger charge is -2.32. The quantitative estimate of drug-likeness (QED) is 0.767. The highest BCUT2D eigenvalue weighted by Gasteiger charge is 2.27. The van der Waals surface area contributed by atoms with E-state index in [1.807, 2.05) is 0 Å². The average molecular weight is 437 g/mol. The Hall–Kier alpha value is -2.44. The van der Waals surface area contributed by atoms with Crippen molar-refractivity contribution in [3.05, 3.63) is 57.6 Å². The van der Waals surface area contributed by atoms with Gasteiger partial charge in [0, 0.05) is 24.7 Å². The summed E-state index contributed by atoms with van der Waals surface area (Å²) >= 11 is 12.3. The minimum atomic E-state index is -0.341. The maximum Gasteiger partial charge on any atom is 0.256 e. The molecule has 154 valence electrons. The molecule has 2 aromatic rings. The first-order valence-electron chi connectivity index (χ1n) is 9.20. The number of hydrogen-bond donors (Lipinski definition) is 1. The number of carbonyl (C=O) groups excluding carboxylic acids is 2. The van der Waals surface area contributed by atoms with Gasteiger partial charge in [0.2, 0.25) is 0 Å². The first kappa shape index (κ1) is 21.3. The largest absolute Gasteiger partial charge is 0.497 e. The van der Waals surface area contributed by atoms with E-state index in [2.05, 4.69) is 5.32 Å². The molecule has 2 amide bonds. The molecule has 29 heavy (non-hydrogen) atoms. The number of carbonyl (C=O) groups is 2. The van der Waals surface area contributed by atoms with Crippen LogP contribution in [0.3, 0.4) is 0 Å². The van der Waals surface area contributed by atoms with E-state index in [0.29, 0.717) is 42.3 Å². The number of hydrogen-bond acceptors (Lipinski definition) is 4. The second-order valence-electron chi connectivity index (χ2n) is 6.71. The molecule has 6 nitrogen and oxygen atoms in total. The number of nitrogens with one attached hydrogen (secondary N) is 1. The van der Waals surface area contributed by atoms with E-state index in [4.69, 9.17) is 32.7 Å². The third kappa shape index (κ3) is 4.77. The predicted molar refractivity (Wildman–Crippen MR) is 112 cm³/mol. The van der Waals surface area contributed by atoms with Crippen LogP contribution >= 0.6 is 23.2 Å². The number of nitrogens with zero attached hydrogens (tertiary/aromatic N) is 1. The maximum atomic E-state index is 12.7. The number of ether oxygens (including phenoxy) is 2. The molecule has 2 aromatic carbocycles. The van der Waals surface area contributed by atoms with Gasteiger partial charge in [-0.2, -0.15) is 0 Å². The molecule has 1 saturated heterocycles. The van der Waals surface area contributed by atoms with Crippen LogP contribution in [-0.4, -0.2) is 50.1 Å². The normalized spacial score (nSPS) is 14.4. The third-order valence-electron chi connectivity index (χ3n) is 4.92. The molecule has 1 N–H and O–H groups in total. The van der Waals surface area contributed by atoms with Crippen LogP contribution in [0.25, 0.3) is 0 Å². The predicted octanol–water partition coefficient (Wildman–Crippen LogP) is 4.05. The van der Waals surface area contributed by atoms with E-state index >= 15 is 0 Å². The van der Waals surface area contributed by atoms with Gasteiger partial charge < -0.3 is 19.7 Å². The Bertz CT molecular complexity index is 912. The van der Waals surface area contributed by atoms with E-state index in [1.165, 1.54) is 7.11 Å². The molecule has 0 unspecified atom stereocenters. The van der Waals surface area contributed by atoms with Crippen LogP contribution in [0.4, 0.5) is 0 Å². The summed E-state index contributed by atoms with van der Waals surface area (Å²) in [5.74, 6) is 0.507. The molecule has 0 bridgehead atoms. The molecule has 0 atom stereocenters. The first-order valence-corrected chi connectivity index (χ1v) is 9.96. The number of rotatable bonds is 5. The van der Waals surface area contributed by atoms with E-state index in [-0.39, 0.29) is 34.2 Å². The number of piperidine rings is 1. The lowest BCUT2D eigenvalue weighted by atomic mass is 10.0. The highest BCUT2D eigenvalue weighted by Crippen LogP contribution is 2.34. The smallest absolute Gasteiger partial charge is 0.256 e. The molecule has 1 fully saturated rings. The summed E-state index contributed by atoms with van der Waals surface area (Å²) in [6, 6.07) is 10.2.